The number of ether oxygens (including phenoxy) is 2. The fourth-order valence-electron chi connectivity index (χ4n) is 2.59. The largest absolute Gasteiger partial charge is 0.479 e. The van der Waals surface area contributed by atoms with E-state index in [9.17, 15) is 9.50 Å². The van der Waals surface area contributed by atoms with Crippen LogP contribution in [0.1, 0.15) is 13.2 Å². The number of nitrogens with zero attached hydrogens (tertiary/aromatic N) is 4. The Bertz CT molecular complexity index is 706. The zero-order chi connectivity index (χ0) is 16.1. The van der Waals surface area contributed by atoms with E-state index in [1.807, 2.05) is 0 Å². The predicted octanol–water partition coefficient (Wildman–Crippen LogP) is -0.604. The molecule has 3 rings (SSSR count). The van der Waals surface area contributed by atoms with E-state index in [1.54, 1.807) is 0 Å². The van der Waals surface area contributed by atoms with E-state index in [-0.39, 0.29) is 17.5 Å². The van der Waals surface area contributed by atoms with Gasteiger partial charge in [0.05, 0.1) is 20.0 Å². The Kier molecular flexibility index (Phi) is 3.38. The van der Waals surface area contributed by atoms with Gasteiger partial charge >= 0.3 is 0 Å². The topological polar surface area (TPSA) is 129 Å². The molecule has 0 aliphatic carbocycles. The maximum Gasteiger partial charge on any atom is 0.246 e. The van der Waals surface area contributed by atoms with Gasteiger partial charge in [-0.15, -0.1) is 0 Å². The van der Waals surface area contributed by atoms with Gasteiger partial charge < -0.3 is 25.4 Å². The second-order valence-electron chi connectivity index (χ2n) is 5.25. The molecule has 1 saturated heterocycles. The van der Waals surface area contributed by atoms with Crippen LogP contribution in [-0.4, -0.2) is 61.3 Å². The first kappa shape index (κ1) is 14.9. The summed E-state index contributed by atoms with van der Waals surface area (Å²) < 4.78 is 26.0. The number of aromatic nitrogens is 4. The van der Waals surface area contributed by atoms with Crippen LogP contribution in [0.2, 0.25) is 0 Å². The van der Waals surface area contributed by atoms with Gasteiger partial charge in [-0.25, -0.2) is 9.37 Å². The van der Waals surface area contributed by atoms with Gasteiger partial charge in [-0.05, 0) is 6.92 Å². The van der Waals surface area contributed by atoms with Gasteiger partial charge in [-0.2, -0.15) is 9.97 Å². The number of fused-ring (bicyclic) bond motifs is 1. The number of alkyl halides is 1. The molecule has 2 aromatic heterocycles. The third kappa shape index (κ3) is 1.99. The van der Waals surface area contributed by atoms with Crippen molar-refractivity contribution in [3.05, 3.63) is 6.33 Å². The molecule has 0 radical (unpaired) electrons. The molecule has 0 aromatic carbocycles. The summed E-state index contributed by atoms with van der Waals surface area (Å²) in [6.45, 7) is 0.729. The number of aliphatic hydroxyl groups is 2. The summed E-state index contributed by atoms with van der Waals surface area (Å²) in [5.74, 6) is 0.105. The number of hydrogen-bond acceptors (Lipinski definition) is 8. The number of imidazole rings is 1. The number of methoxy groups -OCH3 is 1. The third-order valence-corrected chi connectivity index (χ3v) is 3.72. The van der Waals surface area contributed by atoms with Crippen LogP contribution >= 0.6 is 0 Å². The number of aliphatic hydroxyl groups excluding tert-OH is 1. The number of halogens is 1. The second kappa shape index (κ2) is 5.00. The number of rotatable bonds is 3. The monoisotopic (exact) mass is 313 g/mol. The molecule has 22 heavy (non-hydrogen) atoms. The van der Waals surface area contributed by atoms with Crippen molar-refractivity contribution >= 4 is 17.1 Å². The molecule has 3 heterocycles. The van der Waals surface area contributed by atoms with Gasteiger partial charge in [-0.1, -0.05) is 0 Å². The van der Waals surface area contributed by atoms with Crippen LogP contribution in [0.15, 0.2) is 6.33 Å². The predicted molar refractivity (Wildman–Crippen MR) is 72.8 cm³/mol. The SMILES string of the molecule is COc1nc(N)nc2c1ncn2[C@H]1O[C@H](CO)[C@@H](F)[C@]1(C)O. The van der Waals surface area contributed by atoms with Crippen molar-refractivity contribution in [3.63, 3.8) is 0 Å². The highest BCUT2D eigenvalue weighted by Crippen LogP contribution is 2.41. The van der Waals surface area contributed by atoms with Gasteiger partial charge in [0.2, 0.25) is 11.8 Å². The van der Waals surface area contributed by atoms with Gasteiger partial charge in [0.15, 0.2) is 23.6 Å². The molecule has 0 bridgehead atoms. The van der Waals surface area contributed by atoms with Crippen molar-refractivity contribution in [1.29, 1.82) is 0 Å². The highest BCUT2D eigenvalue weighted by atomic mass is 19.1. The van der Waals surface area contributed by atoms with Crippen molar-refractivity contribution in [1.82, 2.24) is 19.5 Å². The zero-order valence-corrected chi connectivity index (χ0v) is 12.0. The molecular formula is C12H16FN5O4. The quantitative estimate of drug-likeness (QED) is 0.685. The zero-order valence-electron chi connectivity index (χ0n) is 12.0. The van der Waals surface area contributed by atoms with Crippen LogP contribution < -0.4 is 10.5 Å². The van der Waals surface area contributed by atoms with Gasteiger partial charge in [0.25, 0.3) is 0 Å². The van der Waals surface area contributed by atoms with Crippen LogP contribution in [0.4, 0.5) is 10.3 Å². The Morgan fingerprint density at radius 2 is 2.27 bits per heavy atom. The molecule has 0 unspecified atom stereocenters. The normalized spacial score (nSPS) is 31.8. The van der Waals surface area contributed by atoms with Crippen molar-refractivity contribution in [2.24, 2.45) is 0 Å². The van der Waals surface area contributed by atoms with Gasteiger partial charge in [-0.3, -0.25) is 4.57 Å². The summed E-state index contributed by atoms with van der Waals surface area (Å²) in [5.41, 5.74) is 4.29. The standard InChI is InChI=1S/C12H16FN5O4/c1-12(20)7(13)5(3-19)22-10(12)18-4-15-6-8(18)16-11(14)17-9(6)21-2/h4-5,7,10,19-20H,3H2,1-2H3,(H2,14,16,17)/t5-,7-,10+,12+/m1/s1. The first-order valence-electron chi connectivity index (χ1n) is 6.57. The summed E-state index contributed by atoms with van der Waals surface area (Å²) in [6.07, 6.45) is -2.70. The molecule has 4 atom stereocenters. The highest BCUT2D eigenvalue weighted by Gasteiger charge is 2.54. The lowest BCUT2D eigenvalue weighted by Gasteiger charge is -2.26. The Hall–Kier alpha value is -2.04. The third-order valence-electron chi connectivity index (χ3n) is 3.72. The van der Waals surface area contributed by atoms with Crippen molar-refractivity contribution in [2.75, 3.05) is 19.5 Å². The average Bonchev–Trinajstić information content (AvgIpc) is 2.98. The number of hydrogen-bond donors (Lipinski definition) is 3. The first-order valence-corrected chi connectivity index (χ1v) is 6.57. The molecule has 0 saturated carbocycles. The lowest BCUT2D eigenvalue weighted by atomic mass is 9.98. The lowest BCUT2D eigenvalue weighted by Crippen LogP contribution is -2.41. The second-order valence-corrected chi connectivity index (χ2v) is 5.25. The minimum atomic E-state index is -1.87. The van der Waals surface area contributed by atoms with E-state index in [0.717, 1.165) is 0 Å². The van der Waals surface area contributed by atoms with E-state index in [2.05, 4.69) is 15.0 Å². The summed E-state index contributed by atoms with van der Waals surface area (Å²) in [6, 6.07) is 0. The van der Waals surface area contributed by atoms with Crippen LogP contribution in [0.25, 0.3) is 11.2 Å². The Morgan fingerprint density at radius 1 is 1.55 bits per heavy atom. The molecule has 10 heteroatoms. The summed E-state index contributed by atoms with van der Waals surface area (Å²) in [7, 11) is 1.40. The minimum absolute atomic E-state index is 0.0563. The summed E-state index contributed by atoms with van der Waals surface area (Å²) in [4.78, 5) is 12.0. The summed E-state index contributed by atoms with van der Waals surface area (Å²) >= 11 is 0. The molecule has 0 amide bonds. The van der Waals surface area contributed by atoms with Crippen molar-refractivity contribution in [2.45, 2.75) is 31.0 Å². The number of anilines is 1. The van der Waals surface area contributed by atoms with Gasteiger partial charge in [0.1, 0.15) is 11.7 Å². The van der Waals surface area contributed by atoms with Crippen LogP contribution in [-0.2, 0) is 4.74 Å². The van der Waals surface area contributed by atoms with Crippen LogP contribution in [0.5, 0.6) is 5.88 Å². The Balaban J connectivity index is 2.13. The maximum atomic E-state index is 14.2. The fourth-order valence-corrected chi connectivity index (χ4v) is 2.59. The Labute approximate surface area is 124 Å². The number of nitrogen functional groups attached to an aromatic ring is 1. The van der Waals surface area contributed by atoms with E-state index in [0.29, 0.717) is 5.52 Å². The molecule has 4 N–H and O–H groups in total. The van der Waals surface area contributed by atoms with E-state index in [1.165, 1.54) is 24.9 Å². The van der Waals surface area contributed by atoms with Crippen molar-refractivity contribution < 1.29 is 24.1 Å². The average molecular weight is 313 g/mol. The molecule has 1 aliphatic heterocycles. The van der Waals surface area contributed by atoms with E-state index >= 15 is 0 Å². The highest BCUT2D eigenvalue weighted by molar-refractivity contribution is 5.77. The van der Waals surface area contributed by atoms with Crippen molar-refractivity contribution in [3.8, 4) is 5.88 Å². The minimum Gasteiger partial charge on any atom is -0.479 e. The molecule has 2 aromatic rings. The molecule has 0 spiro atoms. The maximum absolute atomic E-state index is 14.2. The molecule has 9 nitrogen and oxygen atoms in total. The summed E-state index contributed by atoms with van der Waals surface area (Å²) in [5, 5.41) is 19.5. The van der Waals surface area contributed by atoms with Crippen LogP contribution in [0, 0.1) is 0 Å². The fraction of sp³-hybridized carbons (Fsp3) is 0.583. The molecule has 120 valence electrons. The molecule has 1 fully saturated rings. The van der Waals surface area contributed by atoms with E-state index in [4.69, 9.17) is 20.3 Å². The van der Waals surface area contributed by atoms with Gasteiger partial charge in [0, 0.05) is 0 Å². The number of nitrogens with two attached hydrogens (primary N) is 1. The van der Waals surface area contributed by atoms with E-state index < -0.39 is 30.7 Å². The lowest BCUT2D eigenvalue weighted by molar-refractivity contribution is -0.0892. The molecular weight excluding hydrogens is 297 g/mol. The smallest absolute Gasteiger partial charge is 0.246 e. The molecule has 1 aliphatic rings. The van der Waals surface area contributed by atoms with Crippen LogP contribution in [0.3, 0.4) is 0 Å². The first-order chi connectivity index (χ1) is 10.4. The Morgan fingerprint density at radius 3 is 2.86 bits per heavy atom.